The minimum Gasteiger partial charge on any atom is -0.481 e. The molecular formula is C17H16N2O2S. The third-order valence-corrected chi connectivity index (χ3v) is 4.10. The zero-order chi connectivity index (χ0) is 15.4. The lowest BCUT2D eigenvalue weighted by Crippen LogP contribution is -2.30. The highest BCUT2D eigenvalue weighted by molar-refractivity contribution is 7.07. The van der Waals surface area contributed by atoms with E-state index in [1.54, 1.807) is 29.5 Å². The van der Waals surface area contributed by atoms with Crippen LogP contribution in [0.4, 0.5) is 0 Å². The molecule has 5 heteroatoms. The van der Waals surface area contributed by atoms with E-state index in [-0.39, 0.29) is 12.5 Å². The molecule has 22 heavy (non-hydrogen) atoms. The van der Waals surface area contributed by atoms with Gasteiger partial charge < -0.3 is 9.64 Å². The van der Waals surface area contributed by atoms with E-state index in [0.29, 0.717) is 12.3 Å². The van der Waals surface area contributed by atoms with Crippen molar-refractivity contribution in [3.63, 3.8) is 0 Å². The van der Waals surface area contributed by atoms with E-state index in [0.717, 1.165) is 16.5 Å². The summed E-state index contributed by atoms with van der Waals surface area (Å²) in [6.07, 6.45) is 1.72. The van der Waals surface area contributed by atoms with Crippen molar-refractivity contribution in [1.29, 1.82) is 0 Å². The molecule has 0 aliphatic heterocycles. The lowest BCUT2D eigenvalue weighted by molar-refractivity contribution is -0.132. The van der Waals surface area contributed by atoms with E-state index >= 15 is 0 Å². The van der Waals surface area contributed by atoms with Crippen LogP contribution in [0.5, 0.6) is 5.75 Å². The molecule has 1 aromatic carbocycles. The Morgan fingerprint density at radius 2 is 2.14 bits per heavy atom. The number of aromatic nitrogens is 1. The lowest BCUT2D eigenvalue weighted by Gasteiger charge is -2.17. The predicted octanol–water partition coefficient (Wildman–Crippen LogP) is 3.33. The second-order valence-electron chi connectivity index (χ2n) is 5.00. The average Bonchev–Trinajstić information content (AvgIpc) is 3.05. The largest absolute Gasteiger partial charge is 0.481 e. The first kappa shape index (κ1) is 14.5. The summed E-state index contributed by atoms with van der Waals surface area (Å²) in [6, 6.07) is 11.6. The Hall–Kier alpha value is -2.40. The van der Waals surface area contributed by atoms with Crippen LogP contribution in [0.15, 0.2) is 53.4 Å². The highest BCUT2D eigenvalue weighted by Crippen LogP contribution is 2.22. The van der Waals surface area contributed by atoms with Gasteiger partial charge in [0.05, 0.1) is 0 Å². The topological polar surface area (TPSA) is 42.4 Å². The average molecular weight is 312 g/mol. The van der Waals surface area contributed by atoms with Gasteiger partial charge in [-0.25, -0.2) is 0 Å². The van der Waals surface area contributed by atoms with Gasteiger partial charge in [-0.15, -0.1) is 0 Å². The van der Waals surface area contributed by atoms with E-state index in [4.69, 9.17) is 4.74 Å². The Morgan fingerprint density at radius 3 is 2.95 bits per heavy atom. The lowest BCUT2D eigenvalue weighted by atomic mass is 10.2. The van der Waals surface area contributed by atoms with Crippen LogP contribution in [0.25, 0.3) is 10.9 Å². The molecule has 0 radical (unpaired) electrons. The Bertz CT molecular complexity index is 766. The SMILES string of the molecule is CN(Cc1ccsc1)C(=O)COc1cccc2cccnc12. The van der Waals surface area contributed by atoms with Gasteiger partial charge in [-0.05, 0) is 34.5 Å². The van der Waals surface area contributed by atoms with Crippen LogP contribution >= 0.6 is 11.3 Å². The molecule has 2 heterocycles. The monoisotopic (exact) mass is 312 g/mol. The molecule has 0 aliphatic carbocycles. The van der Waals surface area contributed by atoms with Crippen LogP contribution in [0.2, 0.25) is 0 Å². The van der Waals surface area contributed by atoms with Gasteiger partial charge in [-0.2, -0.15) is 11.3 Å². The normalized spacial score (nSPS) is 10.6. The summed E-state index contributed by atoms with van der Waals surface area (Å²) in [5, 5.41) is 5.05. The summed E-state index contributed by atoms with van der Waals surface area (Å²) in [4.78, 5) is 18.1. The first-order valence-corrected chi connectivity index (χ1v) is 7.90. The maximum absolute atomic E-state index is 12.2. The molecule has 0 aliphatic rings. The quantitative estimate of drug-likeness (QED) is 0.725. The third-order valence-electron chi connectivity index (χ3n) is 3.37. The van der Waals surface area contributed by atoms with E-state index < -0.39 is 0 Å². The number of para-hydroxylation sites is 1. The molecule has 0 N–H and O–H groups in total. The van der Waals surface area contributed by atoms with Gasteiger partial charge >= 0.3 is 0 Å². The second-order valence-corrected chi connectivity index (χ2v) is 5.78. The first-order valence-electron chi connectivity index (χ1n) is 6.95. The maximum Gasteiger partial charge on any atom is 0.260 e. The van der Waals surface area contributed by atoms with Crippen molar-refractivity contribution < 1.29 is 9.53 Å². The number of carbonyl (C=O) groups is 1. The maximum atomic E-state index is 12.2. The zero-order valence-electron chi connectivity index (χ0n) is 12.2. The number of carbonyl (C=O) groups excluding carboxylic acids is 1. The van der Waals surface area contributed by atoms with Crippen molar-refractivity contribution in [1.82, 2.24) is 9.88 Å². The molecule has 112 valence electrons. The molecule has 0 spiro atoms. The number of pyridine rings is 1. The van der Waals surface area contributed by atoms with Gasteiger partial charge in [0, 0.05) is 25.2 Å². The Labute approximate surface area is 133 Å². The Balaban J connectivity index is 1.65. The molecule has 0 bridgehead atoms. The number of rotatable bonds is 5. The number of amides is 1. The van der Waals surface area contributed by atoms with Crippen molar-refractivity contribution in [2.75, 3.05) is 13.7 Å². The second kappa shape index (κ2) is 6.58. The Morgan fingerprint density at radius 1 is 1.27 bits per heavy atom. The summed E-state index contributed by atoms with van der Waals surface area (Å²) in [6.45, 7) is 0.607. The number of hydrogen-bond donors (Lipinski definition) is 0. The molecule has 3 aromatic rings. The van der Waals surface area contributed by atoms with Crippen molar-refractivity contribution in [3.05, 3.63) is 58.9 Å². The van der Waals surface area contributed by atoms with Crippen LogP contribution in [-0.2, 0) is 11.3 Å². The fourth-order valence-electron chi connectivity index (χ4n) is 2.19. The summed E-state index contributed by atoms with van der Waals surface area (Å²) in [5.74, 6) is 0.578. The number of likely N-dealkylation sites (N-methyl/N-ethyl adjacent to an activating group) is 1. The predicted molar refractivity (Wildman–Crippen MR) is 88.0 cm³/mol. The van der Waals surface area contributed by atoms with Crippen LogP contribution in [0.3, 0.4) is 0 Å². The van der Waals surface area contributed by atoms with Crippen LogP contribution in [-0.4, -0.2) is 29.4 Å². The van der Waals surface area contributed by atoms with Gasteiger partial charge in [-0.3, -0.25) is 9.78 Å². The van der Waals surface area contributed by atoms with Crippen molar-refractivity contribution in [2.24, 2.45) is 0 Å². The highest BCUT2D eigenvalue weighted by atomic mass is 32.1. The number of thiophene rings is 1. The summed E-state index contributed by atoms with van der Waals surface area (Å²) in [5.41, 5.74) is 1.91. The molecule has 2 aromatic heterocycles. The minimum absolute atomic E-state index is 0.0102. The molecule has 4 nitrogen and oxygen atoms in total. The van der Waals surface area contributed by atoms with Crippen molar-refractivity contribution >= 4 is 28.1 Å². The molecule has 0 saturated heterocycles. The van der Waals surface area contributed by atoms with Gasteiger partial charge in [0.25, 0.3) is 5.91 Å². The smallest absolute Gasteiger partial charge is 0.260 e. The molecule has 3 rings (SSSR count). The molecule has 1 amide bonds. The Kier molecular flexibility index (Phi) is 4.34. The summed E-state index contributed by atoms with van der Waals surface area (Å²) < 4.78 is 5.67. The fraction of sp³-hybridized carbons (Fsp3) is 0.176. The van der Waals surface area contributed by atoms with Gasteiger partial charge in [0.1, 0.15) is 11.3 Å². The van der Waals surface area contributed by atoms with Crippen molar-refractivity contribution in [3.8, 4) is 5.75 Å². The number of ether oxygens (including phenoxy) is 1. The van der Waals surface area contributed by atoms with Crippen LogP contribution < -0.4 is 4.74 Å². The number of benzene rings is 1. The number of nitrogens with zero attached hydrogens (tertiary/aromatic N) is 2. The van der Waals surface area contributed by atoms with Crippen molar-refractivity contribution in [2.45, 2.75) is 6.54 Å². The third kappa shape index (κ3) is 3.26. The van der Waals surface area contributed by atoms with Gasteiger partial charge in [0.2, 0.25) is 0 Å². The van der Waals surface area contributed by atoms with Crippen LogP contribution in [0, 0.1) is 0 Å². The van der Waals surface area contributed by atoms with Crippen LogP contribution in [0.1, 0.15) is 5.56 Å². The zero-order valence-corrected chi connectivity index (χ0v) is 13.0. The number of fused-ring (bicyclic) bond motifs is 1. The summed E-state index contributed by atoms with van der Waals surface area (Å²) in [7, 11) is 1.78. The highest BCUT2D eigenvalue weighted by Gasteiger charge is 2.11. The molecular weight excluding hydrogens is 296 g/mol. The standard InChI is InChI=1S/C17H16N2O2S/c1-19(10-13-7-9-22-12-13)16(20)11-21-15-6-2-4-14-5-3-8-18-17(14)15/h2-9,12H,10-11H2,1H3. The fourth-order valence-corrected chi connectivity index (χ4v) is 2.85. The summed E-state index contributed by atoms with van der Waals surface area (Å²) >= 11 is 1.63. The number of hydrogen-bond acceptors (Lipinski definition) is 4. The molecule has 0 fully saturated rings. The molecule has 0 atom stereocenters. The van der Waals surface area contributed by atoms with E-state index in [9.17, 15) is 4.79 Å². The minimum atomic E-state index is -0.0564. The van der Waals surface area contributed by atoms with E-state index in [2.05, 4.69) is 4.98 Å². The molecule has 0 saturated carbocycles. The first-order chi connectivity index (χ1) is 10.7. The van der Waals surface area contributed by atoms with E-state index in [1.165, 1.54) is 0 Å². The van der Waals surface area contributed by atoms with Gasteiger partial charge in [-0.1, -0.05) is 18.2 Å². The molecule has 0 unspecified atom stereocenters. The van der Waals surface area contributed by atoms with E-state index in [1.807, 2.05) is 47.2 Å². The van der Waals surface area contributed by atoms with Gasteiger partial charge in [0.15, 0.2) is 6.61 Å².